The Morgan fingerprint density at radius 3 is 2.71 bits per heavy atom. The lowest BCUT2D eigenvalue weighted by Gasteiger charge is -2.11. The lowest BCUT2D eigenvalue weighted by atomic mass is 10.1. The van der Waals surface area contributed by atoms with Gasteiger partial charge in [-0.1, -0.05) is 18.7 Å². The van der Waals surface area contributed by atoms with Gasteiger partial charge in [-0.3, -0.25) is 9.48 Å². The van der Waals surface area contributed by atoms with Crippen molar-refractivity contribution in [3.63, 3.8) is 0 Å². The molecule has 4 rings (SSSR count). The Bertz CT molecular complexity index is 1290. The second kappa shape index (κ2) is 8.55. The number of nitrogens with one attached hydrogen (secondary N) is 1. The first-order valence-electron chi connectivity index (χ1n) is 9.70. The molecular formula is C23H20N6O2. The summed E-state index contributed by atoms with van der Waals surface area (Å²) in [5, 5.41) is 20.8. The van der Waals surface area contributed by atoms with E-state index in [1.807, 2.05) is 42.2 Å². The Morgan fingerprint density at radius 1 is 1.23 bits per heavy atom. The van der Waals surface area contributed by atoms with Crippen LogP contribution in [0, 0.1) is 11.3 Å². The summed E-state index contributed by atoms with van der Waals surface area (Å²) in [6, 6.07) is 11.4. The summed E-state index contributed by atoms with van der Waals surface area (Å²) in [6.45, 7) is 6.53. The number of nitrogens with zero attached hydrogens (tertiary/aromatic N) is 5. The van der Waals surface area contributed by atoms with E-state index < -0.39 is 0 Å². The van der Waals surface area contributed by atoms with E-state index in [0.717, 1.165) is 23.2 Å². The first-order valence-corrected chi connectivity index (χ1v) is 9.70. The van der Waals surface area contributed by atoms with Gasteiger partial charge in [0.25, 0.3) is 0 Å². The smallest absolute Gasteiger partial charge is 0.247 e. The average Bonchev–Trinajstić information content (AvgIpc) is 3.45. The van der Waals surface area contributed by atoms with Crippen molar-refractivity contribution in [2.24, 2.45) is 0 Å². The summed E-state index contributed by atoms with van der Waals surface area (Å²) < 4.78 is 9.60. The van der Waals surface area contributed by atoms with E-state index in [0.29, 0.717) is 29.1 Å². The molecule has 0 atom stereocenters. The van der Waals surface area contributed by atoms with E-state index >= 15 is 0 Å². The van der Waals surface area contributed by atoms with Gasteiger partial charge in [0.2, 0.25) is 5.91 Å². The molecule has 0 unspecified atom stereocenters. The Labute approximate surface area is 179 Å². The zero-order valence-electron chi connectivity index (χ0n) is 16.9. The second-order valence-electron chi connectivity index (χ2n) is 6.82. The molecule has 0 saturated carbocycles. The minimum atomic E-state index is -0.264. The van der Waals surface area contributed by atoms with Crippen LogP contribution in [-0.4, -0.2) is 25.3 Å². The number of ether oxygens (including phenoxy) is 1. The summed E-state index contributed by atoms with van der Waals surface area (Å²) in [4.78, 5) is 11.4. The summed E-state index contributed by atoms with van der Waals surface area (Å²) in [7, 11) is 0. The molecule has 0 aliphatic rings. The van der Waals surface area contributed by atoms with Gasteiger partial charge in [0, 0.05) is 35.8 Å². The number of rotatable bonds is 7. The molecule has 0 saturated heterocycles. The molecule has 3 heterocycles. The molecule has 8 heteroatoms. The number of carbonyl (C=O) groups is 1. The number of anilines is 1. The molecule has 8 nitrogen and oxygen atoms in total. The van der Waals surface area contributed by atoms with E-state index in [1.54, 1.807) is 22.8 Å². The van der Waals surface area contributed by atoms with Crippen LogP contribution in [0.15, 0.2) is 67.8 Å². The molecule has 0 spiro atoms. The highest BCUT2D eigenvalue weighted by Crippen LogP contribution is 2.30. The zero-order chi connectivity index (χ0) is 21.8. The van der Waals surface area contributed by atoms with E-state index in [1.165, 1.54) is 12.3 Å². The Balaban J connectivity index is 1.62. The van der Waals surface area contributed by atoms with Gasteiger partial charge < -0.3 is 10.1 Å². The third kappa shape index (κ3) is 4.16. The molecule has 4 aromatic rings. The minimum absolute atomic E-state index is 0.264. The molecule has 0 fully saturated rings. The van der Waals surface area contributed by atoms with Gasteiger partial charge in [0.05, 0.1) is 12.4 Å². The summed E-state index contributed by atoms with van der Waals surface area (Å²) in [5.41, 5.74) is 4.46. The summed E-state index contributed by atoms with van der Waals surface area (Å²) in [6.07, 6.45) is 8.35. The molecule has 0 aliphatic heterocycles. The summed E-state index contributed by atoms with van der Waals surface area (Å²) in [5.74, 6) is 0.291. The average molecular weight is 412 g/mol. The molecular weight excluding hydrogens is 392 g/mol. The third-order valence-corrected chi connectivity index (χ3v) is 4.79. The Morgan fingerprint density at radius 2 is 2.03 bits per heavy atom. The van der Waals surface area contributed by atoms with Crippen molar-refractivity contribution >= 4 is 17.1 Å². The molecule has 154 valence electrons. The summed E-state index contributed by atoms with van der Waals surface area (Å²) >= 11 is 0. The number of hydrogen-bond donors (Lipinski definition) is 1. The van der Waals surface area contributed by atoms with E-state index in [9.17, 15) is 10.1 Å². The van der Waals surface area contributed by atoms with Crippen molar-refractivity contribution in [1.82, 2.24) is 19.4 Å². The van der Waals surface area contributed by atoms with Crippen LogP contribution < -0.4 is 10.1 Å². The fourth-order valence-electron chi connectivity index (χ4n) is 3.16. The van der Waals surface area contributed by atoms with Gasteiger partial charge in [-0.15, -0.1) is 0 Å². The monoisotopic (exact) mass is 412 g/mol. The van der Waals surface area contributed by atoms with Gasteiger partial charge in [-0.25, -0.2) is 4.52 Å². The van der Waals surface area contributed by atoms with Crippen LogP contribution in [0.25, 0.3) is 16.6 Å². The second-order valence-corrected chi connectivity index (χ2v) is 6.82. The SMILES string of the molecule is C=CC(=O)Nc1ccc(COc2cc(-c3cnn(CC)c3)cn3ncc(C#N)c23)cc1. The van der Waals surface area contributed by atoms with Gasteiger partial charge in [-0.2, -0.15) is 15.5 Å². The Kier molecular flexibility index (Phi) is 5.49. The van der Waals surface area contributed by atoms with Crippen LogP contribution >= 0.6 is 0 Å². The third-order valence-electron chi connectivity index (χ3n) is 4.79. The van der Waals surface area contributed by atoms with Crippen LogP contribution in [0.2, 0.25) is 0 Å². The fourth-order valence-corrected chi connectivity index (χ4v) is 3.16. The number of benzene rings is 1. The van der Waals surface area contributed by atoms with Crippen molar-refractivity contribution in [3.05, 3.63) is 78.9 Å². The highest BCUT2D eigenvalue weighted by molar-refractivity contribution is 5.98. The normalized spacial score (nSPS) is 10.6. The molecule has 3 aromatic heterocycles. The Hall–Kier alpha value is -4.38. The van der Waals surface area contributed by atoms with Gasteiger partial charge in [0.1, 0.15) is 29.5 Å². The topological polar surface area (TPSA) is 97.2 Å². The van der Waals surface area contributed by atoms with Crippen LogP contribution in [-0.2, 0) is 17.9 Å². The van der Waals surface area contributed by atoms with Crippen LogP contribution in [0.3, 0.4) is 0 Å². The van der Waals surface area contributed by atoms with Crippen LogP contribution in [0.1, 0.15) is 18.1 Å². The number of amides is 1. The standard InChI is InChI=1S/C23H20N6O2/c1-3-22(30)27-20-7-5-16(6-8-20)15-31-21-9-17(19-12-25-28(4-2)13-19)14-29-23(21)18(10-24)11-26-29/h3,5-9,11-14H,1,4,15H2,2H3,(H,27,30). The van der Waals surface area contributed by atoms with Gasteiger partial charge in [0.15, 0.2) is 0 Å². The van der Waals surface area contributed by atoms with E-state index in [4.69, 9.17) is 4.74 Å². The number of nitriles is 1. The highest BCUT2D eigenvalue weighted by atomic mass is 16.5. The molecule has 31 heavy (non-hydrogen) atoms. The van der Waals surface area contributed by atoms with Crippen molar-refractivity contribution in [3.8, 4) is 22.9 Å². The van der Waals surface area contributed by atoms with Crippen molar-refractivity contribution in [2.75, 3.05) is 5.32 Å². The molecule has 0 radical (unpaired) electrons. The van der Waals surface area contributed by atoms with Crippen molar-refractivity contribution in [1.29, 1.82) is 5.26 Å². The lowest BCUT2D eigenvalue weighted by molar-refractivity contribution is -0.111. The predicted octanol–water partition coefficient (Wildman–Crippen LogP) is 3.79. The number of pyridine rings is 1. The molecule has 0 bridgehead atoms. The molecule has 1 aromatic carbocycles. The zero-order valence-corrected chi connectivity index (χ0v) is 16.9. The highest BCUT2D eigenvalue weighted by Gasteiger charge is 2.14. The lowest BCUT2D eigenvalue weighted by Crippen LogP contribution is -2.07. The largest absolute Gasteiger partial charge is 0.487 e. The van der Waals surface area contributed by atoms with E-state index in [2.05, 4.69) is 28.2 Å². The molecule has 1 amide bonds. The van der Waals surface area contributed by atoms with E-state index in [-0.39, 0.29) is 5.91 Å². The number of aromatic nitrogens is 4. The number of fused-ring (bicyclic) bond motifs is 1. The number of carbonyl (C=O) groups excluding carboxylic acids is 1. The van der Waals surface area contributed by atoms with Crippen LogP contribution in [0.5, 0.6) is 5.75 Å². The first-order chi connectivity index (χ1) is 15.1. The number of hydrogen-bond acceptors (Lipinski definition) is 5. The maximum Gasteiger partial charge on any atom is 0.247 e. The maximum atomic E-state index is 11.4. The molecule has 0 aliphatic carbocycles. The van der Waals surface area contributed by atoms with Gasteiger partial charge in [-0.05, 0) is 36.8 Å². The predicted molar refractivity (Wildman–Crippen MR) is 116 cm³/mol. The minimum Gasteiger partial charge on any atom is -0.487 e. The van der Waals surface area contributed by atoms with Crippen LogP contribution in [0.4, 0.5) is 5.69 Å². The first kappa shape index (κ1) is 19.9. The quantitative estimate of drug-likeness (QED) is 0.466. The fraction of sp³-hybridized carbons (Fsp3) is 0.130. The van der Waals surface area contributed by atoms with Gasteiger partial charge >= 0.3 is 0 Å². The van der Waals surface area contributed by atoms with Crippen molar-refractivity contribution < 1.29 is 9.53 Å². The number of aryl methyl sites for hydroxylation is 1. The van der Waals surface area contributed by atoms with Crippen molar-refractivity contribution in [2.45, 2.75) is 20.1 Å². The molecule has 1 N–H and O–H groups in total. The maximum absolute atomic E-state index is 11.4.